The molecular weight excluding hydrogens is 1360 g/mol. The van der Waals surface area contributed by atoms with Gasteiger partial charge in [0.05, 0.1) is 171 Å². The summed E-state index contributed by atoms with van der Waals surface area (Å²) in [6.45, 7) is 8.78. The molecule has 0 saturated carbocycles. The van der Waals surface area contributed by atoms with E-state index >= 15 is 0 Å². The van der Waals surface area contributed by atoms with Gasteiger partial charge in [-0.25, -0.2) is 13.2 Å². The van der Waals surface area contributed by atoms with Crippen LogP contribution in [-0.2, 0) is 71.8 Å². The van der Waals surface area contributed by atoms with Crippen molar-refractivity contribution in [3.63, 3.8) is 0 Å². The molecule has 2 aromatic heterocycles. The zero-order valence-electron chi connectivity index (χ0n) is 54.9. The molecule has 6 N–H and O–H groups in total. The highest BCUT2D eigenvalue weighted by molar-refractivity contribution is 7.85. The van der Waals surface area contributed by atoms with Crippen LogP contribution in [0.15, 0.2) is 138 Å². The van der Waals surface area contributed by atoms with Crippen molar-refractivity contribution < 1.29 is 87.0 Å². The molecule has 2 atom stereocenters. The predicted molar refractivity (Wildman–Crippen MR) is 353 cm³/mol. The summed E-state index contributed by atoms with van der Waals surface area (Å²) in [6.07, 6.45) is -7.90. The average molecular weight is 1440 g/mol. The van der Waals surface area contributed by atoms with Crippen molar-refractivity contribution in [2.45, 2.75) is 58.6 Å². The number of nitrogens with one attached hydrogen (secondary N) is 6. The Kier molecular flexibility index (Phi) is 34.2. The number of urea groups is 1. The van der Waals surface area contributed by atoms with E-state index in [4.69, 9.17) is 37.9 Å². The maximum absolute atomic E-state index is 13.8. The van der Waals surface area contributed by atoms with E-state index in [0.29, 0.717) is 76.9 Å². The molecular formula is C67H78F6N10O15S2. The molecule has 540 valence electrons. The second kappa shape index (κ2) is 42.5. The normalized spacial score (nSPS) is 12.1. The Balaban J connectivity index is 0.695. The molecule has 6 aromatic rings. The molecule has 2 heterocycles. The number of hydrogen-bond donors (Lipinski definition) is 6. The van der Waals surface area contributed by atoms with Crippen LogP contribution in [-0.4, -0.2) is 180 Å². The number of carbonyl (C=O) groups excluding carboxylic acids is 3. The van der Waals surface area contributed by atoms with Gasteiger partial charge in [-0.1, -0.05) is 12.1 Å². The first-order chi connectivity index (χ1) is 48.1. The number of ether oxygens (including phenoxy) is 8. The van der Waals surface area contributed by atoms with Crippen LogP contribution in [0.3, 0.4) is 0 Å². The molecule has 4 aromatic carbocycles. The number of benzene rings is 4. The summed E-state index contributed by atoms with van der Waals surface area (Å²) in [5, 5.41) is 29.0. The molecule has 25 nitrogen and oxygen atoms in total. The van der Waals surface area contributed by atoms with Gasteiger partial charge < -0.3 is 59.2 Å². The fraction of sp³-hybridized carbons (Fsp3) is 0.418. The Morgan fingerprint density at radius 2 is 0.750 bits per heavy atom. The Hall–Kier alpha value is -8.55. The Morgan fingerprint density at radius 1 is 0.430 bits per heavy atom. The number of aromatic nitrogens is 2. The van der Waals surface area contributed by atoms with Crippen LogP contribution in [0, 0.1) is 36.5 Å². The lowest BCUT2D eigenvalue weighted by Gasteiger charge is -2.18. The molecule has 0 aliphatic rings. The Morgan fingerprint density at radius 3 is 1.11 bits per heavy atom. The number of rotatable bonds is 44. The standard InChI is InChI=1S/C67H78F6N10O15S2/c1-47-59(99(89)55-15-11-49(45-74)12-16-55)43-57(63(86)82(47)53-9-5-7-51(41-53)66(68,69)70)61(84)76-21-25-91-29-33-95-37-38-97-35-31-93-27-23-79-65(88)78-19-3-4-20-80-81-24-28-94-32-36-98-40-39-96-34-30-92-26-22-77-62(85)58-44-60(100(90)56-17-13-50(46-75)14-18-56)48(2)83(64(58)87)54-10-6-8-52(42-54)67(71,72)73/h5-18,41-44,80-81H,3-4,19-40H2,1-2H3,(H,76,84)(H,77,85)(H2,78,79,88). The van der Waals surface area contributed by atoms with E-state index in [1.54, 1.807) is 0 Å². The van der Waals surface area contributed by atoms with E-state index in [1.165, 1.54) is 74.5 Å². The molecule has 100 heavy (non-hydrogen) atoms. The van der Waals surface area contributed by atoms with Crippen LogP contribution in [0.1, 0.15) is 67.2 Å². The first-order valence-corrected chi connectivity index (χ1v) is 33.8. The van der Waals surface area contributed by atoms with Gasteiger partial charge in [0, 0.05) is 71.8 Å². The summed E-state index contributed by atoms with van der Waals surface area (Å²) in [5.41, 5.74) is 1.70. The van der Waals surface area contributed by atoms with E-state index in [-0.39, 0.29) is 128 Å². The van der Waals surface area contributed by atoms with Crippen LogP contribution in [0.5, 0.6) is 0 Å². The molecule has 0 fully saturated rings. The number of hydrogen-bond acceptors (Lipinski definition) is 19. The largest absolute Gasteiger partial charge is 0.416 e. The third kappa shape index (κ3) is 26.2. The minimum atomic E-state index is -4.72. The van der Waals surface area contributed by atoms with Crippen LogP contribution in [0.4, 0.5) is 31.1 Å². The second-order valence-corrected chi connectivity index (χ2v) is 24.3. The second-order valence-electron chi connectivity index (χ2n) is 21.4. The van der Waals surface area contributed by atoms with Crippen molar-refractivity contribution in [3.05, 3.63) is 175 Å². The van der Waals surface area contributed by atoms with Crippen molar-refractivity contribution >= 4 is 39.4 Å². The fourth-order valence-electron chi connectivity index (χ4n) is 9.21. The van der Waals surface area contributed by atoms with Gasteiger partial charge in [0.1, 0.15) is 11.1 Å². The molecule has 4 amide bonds. The van der Waals surface area contributed by atoms with Crippen molar-refractivity contribution in [3.8, 4) is 23.5 Å². The monoisotopic (exact) mass is 1440 g/mol. The lowest BCUT2D eigenvalue weighted by Crippen LogP contribution is -2.38. The molecule has 0 spiro atoms. The number of nitrogens with zero attached hydrogens (tertiary/aromatic N) is 4. The van der Waals surface area contributed by atoms with Crippen molar-refractivity contribution in [2.75, 3.05) is 145 Å². The summed E-state index contributed by atoms with van der Waals surface area (Å²) in [4.78, 5) is 66.8. The third-order valence-electron chi connectivity index (χ3n) is 14.3. The van der Waals surface area contributed by atoms with Gasteiger partial charge in [0.2, 0.25) is 0 Å². The zero-order chi connectivity index (χ0) is 72.3. The highest BCUT2D eigenvalue weighted by Crippen LogP contribution is 2.33. The van der Waals surface area contributed by atoms with Gasteiger partial charge in [0.15, 0.2) is 0 Å². The van der Waals surface area contributed by atoms with Gasteiger partial charge in [0.25, 0.3) is 22.9 Å². The zero-order valence-corrected chi connectivity index (χ0v) is 56.5. The highest BCUT2D eigenvalue weighted by Gasteiger charge is 2.33. The van der Waals surface area contributed by atoms with Gasteiger partial charge in [-0.15, -0.1) is 0 Å². The van der Waals surface area contributed by atoms with E-state index in [9.17, 15) is 69.3 Å². The number of halogens is 6. The van der Waals surface area contributed by atoms with Crippen molar-refractivity contribution in [1.82, 2.24) is 41.3 Å². The molecule has 6 rings (SSSR count). The summed E-state index contributed by atoms with van der Waals surface area (Å²) in [7, 11) is -4.00. The number of pyridine rings is 2. The SMILES string of the molecule is Cc1c(S(=O)c2ccc(C#N)cc2)cc(C(=O)NCCOCCOCCOCCOCCNNCCCCNC(=O)NCCOCCOCCOCCOCCNC(=O)c2cc(S(=O)c3ccc(C#N)cc3)c(C)n(-c3cccc(C(F)(F)F)c3)c2=O)c(=O)n1-c1cccc(C(F)(F)F)c1. The van der Waals surface area contributed by atoms with Crippen LogP contribution < -0.4 is 43.2 Å². The Labute approximate surface area is 577 Å². The summed E-state index contributed by atoms with van der Waals surface area (Å²) in [6, 6.07) is 25.5. The number of alkyl halides is 6. The number of carbonyl (C=O) groups is 3. The lowest BCUT2D eigenvalue weighted by molar-refractivity contribution is -0.138. The molecule has 0 bridgehead atoms. The van der Waals surface area contributed by atoms with E-state index in [0.717, 1.165) is 70.5 Å². The van der Waals surface area contributed by atoms with Gasteiger partial charge >= 0.3 is 18.4 Å². The third-order valence-corrected chi connectivity index (χ3v) is 17.3. The number of amides is 4. The van der Waals surface area contributed by atoms with Crippen LogP contribution >= 0.6 is 0 Å². The molecule has 0 aliphatic heterocycles. The van der Waals surface area contributed by atoms with E-state index in [2.05, 4.69) is 32.1 Å². The molecule has 0 radical (unpaired) electrons. The molecule has 0 saturated heterocycles. The molecule has 0 aliphatic carbocycles. The summed E-state index contributed by atoms with van der Waals surface area (Å²) in [5.74, 6) is -1.72. The topological polar surface area (TPSA) is 323 Å². The van der Waals surface area contributed by atoms with Crippen LogP contribution in [0.2, 0.25) is 0 Å². The smallest absolute Gasteiger partial charge is 0.378 e. The van der Waals surface area contributed by atoms with E-state index < -0.39 is 79.1 Å². The first-order valence-electron chi connectivity index (χ1n) is 31.5. The molecule has 33 heteroatoms. The maximum Gasteiger partial charge on any atom is 0.416 e. The van der Waals surface area contributed by atoms with Crippen molar-refractivity contribution in [2.24, 2.45) is 0 Å². The van der Waals surface area contributed by atoms with E-state index in [1.807, 2.05) is 12.1 Å². The van der Waals surface area contributed by atoms with Crippen molar-refractivity contribution in [1.29, 1.82) is 10.5 Å². The van der Waals surface area contributed by atoms with Gasteiger partial charge in [-0.2, -0.15) is 36.9 Å². The Bertz CT molecular complexity index is 3890. The predicted octanol–water partition coefficient (Wildman–Crippen LogP) is 6.19. The number of nitriles is 2. The lowest BCUT2D eigenvalue weighted by atomic mass is 10.1. The number of unbranched alkanes of at least 4 members (excludes halogenated alkanes) is 1. The minimum Gasteiger partial charge on any atom is -0.378 e. The highest BCUT2D eigenvalue weighted by atomic mass is 32.2. The summed E-state index contributed by atoms with van der Waals surface area (Å²) < 4.78 is 155. The maximum atomic E-state index is 13.8. The summed E-state index contributed by atoms with van der Waals surface area (Å²) >= 11 is 0. The first kappa shape index (κ1) is 80.4. The number of hydrazine groups is 1. The fourth-order valence-corrected chi connectivity index (χ4v) is 11.7. The van der Waals surface area contributed by atoms with Gasteiger partial charge in [-0.3, -0.25) is 39.2 Å². The quantitative estimate of drug-likeness (QED) is 0.0141. The molecule has 2 unspecified atom stereocenters. The minimum absolute atomic E-state index is 0.00221. The average Bonchev–Trinajstić information content (AvgIpc) is 0.772. The van der Waals surface area contributed by atoms with Crippen LogP contribution in [0.25, 0.3) is 11.4 Å². The van der Waals surface area contributed by atoms with Gasteiger partial charge in [-0.05, 0) is 124 Å².